The van der Waals surface area contributed by atoms with Crippen LogP contribution in [0.25, 0.3) is 104 Å². The van der Waals surface area contributed by atoms with Crippen LogP contribution in [0.5, 0.6) is 0 Å². The van der Waals surface area contributed by atoms with Crippen molar-refractivity contribution in [1.29, 1.82) is 0 Å². The first-order valence-corrected chi connectivity index (χ1v) is 21.7. The highest BCUT2D eigenvalue weighted by atomic mass is 16.3. The molecule has 13 rings (SSSR count). The summed E-state index contributed by atoms with van der Waals surface area (Å²) in [7, 11) is 0.739. The van der Waals surface area contributed by atoms with Crippen LogP contribution in [-0.2, 0) is 10.8 Å². The Morgan fingerprint density at radius 2 is 1.03 bits per heavy atom. The van der Waals surface area contributed by atoms with Gasteiger partial charge in [0.2, 0.25) is 0 Å². The molecule has 0 aliphatic carbocycles. The van der Waals surface area contributed by atoms with Crippen LogP contribution < -0.4 is 16.2 Å². The average Bonchev–Trinajstić information content (AvgIpc) is 4.00. The van der Waals surface area contributed by atoms with Crippen molar-refractivity contribution in [2.24, 2.45) is 0 Å². The molecule has 0 saturated heterocycles. The maximum Gasteiger partial charge on any atom is 0.198 e. The number of anilines is 2. The molecule has 0 atom stereocenters. The molecule has 0 unspecified atom stereocenters. The molecule has 1 aliphatic heterocycles. The van der Waals surface area contributed by atoms with Gasteiger partial charge in [-0.25, -0.2) is 0 Å². The number of hydrogen-bond donors (Lipinski definition) is 1. The van der Waals surface area contributed by atoms with Crippen LogP contribution >= 0.6 is 0 Å². The first kappa shape index (κ1) is 35.6. The summed E-state index contributed by atoms with van der Waals surface area (Å²) in [5.41, 5.74) is 18.4. The zero-order valence-electron chi connectivity index (χ0n) is 35.7. The molecule has 1 N–H and O–H groups in total. The van der Waals surface area contributed by atoms with Crippen molar-refractivity contribution in [2.45, 2.75) is 52.4 Å². The monoisotopic (exact) mass is 802 g/mol. The number of aromatic nitrogens is 1. The van der Waals surface area contributed by atoms with Crippen molar-refractivity contribution in [3.05, 3.63) is 151 Å². The van der Waals surface area contributed by atoms with E-state index in [2.05, 4.69) is 179 Å². The fraction of sp³-hybridized carbons (Fsp3) is 0.143. The van der Waals surface area contributed by atoms with Gasteiger partial charge in [0.15, 0.2) is 7.28 Å². The molecule has 0 amide bonds. The number of furan rings is 3. The maximum absolute atomic E-state index is 6.73. The van der Waals surface area contributed by atoms with Crippen molar-refractivity contribution in [2.75, 3.05) is 5.32 Å². The zero-order chi connectivity index (χ0) is 41.8. The molecule has 0 radical (unpaired) electrons. The molecule has 6 heteroatoms. The molecular formula is C56H43BN2O3. The first-order chi connectivity index (χ1) is 29.9. The predicted octanol–water partition coefficient (Wildman–Crippen LogP) is 14.2. The molecule has 298 valence electrons. The fourth-order valence-electron chi connectivity index (χ4n) is 10.2. The number of nitrogens with one attached hydrogen (secondary N) is 1. The van der Waals surface area contributed by atoms with Gasteiger partial charge in [-0.05, 0) is 93.6 Å². The largest absolute Gasteiger partial charge is 0.456 e. The van der Waals surface area contributed by atoms with E-state index >= 15 is 0 Å². The van der Waals surface area contributed by atoms with E-state index in [1.54, 1.807) is 0 Å². The molecule has 1 aliphatic rings. The Morgan fingerprint density at radius 3 is 1.76 bits per heavy atom. The van der Waals surface area contributed by atoms with Crippen molar-refractivity contribution < 1.29 is 13.3 Å². The van der Waals surface area contributed by atoms with Crippen LogP contribution in [0, 0.1) is 0 Å². The Morgan fingerprint density at radius 1 is 0.452 bits per heavy atom. The second-order valence-electron chi connectivity index (χ2n) is 19.4. The lowest BCUT2D eigenvalue weighted by Gasteiger charge is -2.24. The van der Waals surface area contributed by atoms with E-state index in [9.17, 15) is 0 Å². The first-order valence-electron chi connectivity index (χ1n) is 21.7. The summed E-state index contributed by atoms with van der Waals surface area (Å²) >= 11 is 0. The number of fused-ring (bicyclic) bond motifs is 14. The van der Waals surface area contributed by atoms with Crippen LogP contribution in [0.2, 0.25) is 0 Å². The van der Waals surface area contributed by atoms with Crippen molar-refractivity contribution >= 4 is 117 Å². The van der Waals surface area contributed by atoms with E-state index in [-0.39, 0.29) is 10.8 Å². The van der Waals surface area contributed by atoms with Crippen LogP contribution in [0.3, 0.4) is 0 Å². The lowest BCUT2D eigenvalue weighted by molar-refractivity contribution is 0.587. The highest BCUT2D eigenvalue weighted by Crippen LogP contribution is 2.44. The minimum Gasteiger partial charge on any atom is -0.456 e. The minimum atomic E-state index is 0.000679. The lowest BCUT2D eigenvalue weighted by Crippen LogP contribution is -2.37. The summed E-state index contributed by atoms with van der Waals surface area (Å²) in [6.45, 7) is 13.5. The number of rotatable bonds is 3. The molecule has 8 aromatic carbocycles. The third-order valence-corrected chi connectivity index (χ3v) is 13.5. The summed E-state index contributed by atoms with van der Waals surface area (Å²) in [6.07, 6.45) is 0. The van der Waals surface area contributed by atoms with Gasteiger partial charge >= 0.3 is 0 Å². The summed E-state index contributed by atoms with van der Waals surface area (Å²) in [6, 6.07) is 50.8. The fourth-order valence-corrected chi connectivity index (χ4v) is 10.2. The molecule has 0 spiro atoms. The second kappa shape index (κ2) is 12.2. The zero-order valence-corrected chi connectivity index (χ0v) is 35.7. The maximum atomic E-state index is 6.73. The standard InChI is InChI=1S/C56H43BN2O3/c1-55(2,3)30-15-18-32(19-16-30)58-44-29-52-40(35-20-17-31(56(4,5)6)23-49(35)62-52)24-38(44)36-21-22-37-39-27-50-41(33-11-7-9-13-47(33)60-50)25-45(39)59-46-26-42-34-12-8-10-14-48(34)61-51(42)28-43(46)57-53(36)54(37)59/h7-29,57-58H,1-6H3. The van der Waals surface area contributed by atoms with Gasteiger partial charge in [0.1, 0.15) is 33.5 Å². The normalized spacial score (nSPS) is 13.1. The number of hydrogen-bond acceptors (Lipinski definition) is 4. The molecule has 12 aromatic rings. The van der Waals surface area contributed by atoms with Crippen LogP contribution in [0.1, 0.15) is 52.7 Å². The summed E-state index contributed by atoms with van der Waals surface area (Å²) < 4.78 is 22.3. The molecule has 4 aromatic heterocycles. The van der Waals surface area contributed by atoms with Gasteiger partial charge in [0.25, 0.3) is 0 Å². The van der Waals surface area contributed by atoms with Crippen molar-refractivity contribution in [1.82, 2.24) is 4.57 Å². The molecule has 0 saturated carbocycles. The van der Waals surface area contributed by atoms with Crippen molar-refractivity contribution in [3.8, 4) is 16.8 Å². The Balaban J connectivity index is 1.11. The molecule has 62 heavy (non-hydrogen) atoms. The third-order valence-electron chi connectivity index (χ3n) is 13.5. The summed E-state index contributed by atoms with van der Waals surface area (Å²) in [5.74, 6) is 0. The van der Waals surface area contributed by atoms with Gasteiger partial charge in [0, 0.05) is 71.6 Å². The highest BCUT2D eigenvalue weighted by molar-refractivity contribution is 6.73. The molecule has 5 nitrogen and oxygen atoms in total. The molecule has 5 heterocycles. The third kappa shape index (κ3) is 5.10. The molecule has 0 fully saturated rings. The van der Waals surface area contributed by atoms with E-state index < -0.39 is 0 Å². The van der Waals surface area contributed by atoms with E-state index in [0.717, 1.165) is 95.5 Å². The van der Waals surface area contributed by atoms with Gasteiger partial charge < -0.3 is 23.1 Å². The SMILES string of the molecule is CC(C)(C)c1ccc(Nc2cc3oc4cc(C(C)(C)C)ccc4c3cc2-c2ccc3c4cc5oc6ccccc6c5cc4n4c3c2Bc2cc3oc5ccccc5c3cc2-4)cc1. The van der Waals surface area contributed by atoms with Gasteiger partial charge in [-0.2, -0.15) is 0 Å². The summed E-state index contributed by atoms with van der Waals surface area (Å²) in [4.78, 5) is 0. The quantitative estimate of drug-likeness (QED) is 0.181. The smallest absolute Gasteiger partial charge is 0.198 e. The number of nitrogens with zero attached hydrogens (tertiary/aromatic N) is 1. The lowest BCUT2D eigenvalue weighted by atomic mass is 9.59. The van der Waals surface area contributed by atoms with Crippen LogP contribution in [-0.4, -0.2) is 11.8 Å². The predicted molar refractivity (Wildman–Crippen MR) is 262 cm³/mol. The van der Waals surface area contributed by atoms with Gasteiger partial charge in [-0.3, -0.25) is 0 Å². The minimum absolute atomic E-state index is 0.000679. The van der Waals surface area contributed by atoms with Crippen LogP contribution in [0.4, 0.5) is 11.4 Å². The number of benzene rings is 8. The Labute approximate surface area is 358 Å². The topological polar surface area (TPSA) is 56.4 Å². The summed E-state index contributed by atoms with van der Waals surface area (Å²) in [5, 5.41) is 13.0. The van der Waals surface area contributed by atoms with E-state index in [0.29, 0.717) is 0 Å². The van der Waals surface area contributed by atoms with Gasteiger partial charge in [-0.1, -0.05) is 120 Å². The Bertz CT molecular complexity index is 3880. The van der Waals surface area contributed by atoms with E-state index in [4.69, 9.17) is 13.3 Å². The highest BCUT2D eigenvalue weighted by Gasteiger charge is 2.29. The average molecular weight is 803 g/mol. The van der Waals surface area contributed by atoms with E-state index in [1.807, 2.05) is 12.1 Å². The second-order valence-corrected chi connectivity index (χ2v) is 19.4. The van der Waals surface area contributed by atoms with Crippen LogP contribution in [0.15, 0.2) is 153 Å². The molecular weight excluding hydrogens is 759 g/mol. The van der Waals surface area contributed by atoms with E-state index in [1.165, 1.54) is 49.6 Å². The Kier molecular flexibility index (Phi) is 7.02. The Hall–Kier alpha value is -7.18. The van der Waals surface area contributed by atoms with Crippen molar-refractivity contribution in [3.63, 3.8) is 0 Å². The number of para-hydroxylation sites is 2. The van der Waals surface area contributed by atoms with Gasteiger partial charge in [0.05, 0.1) is 11.2 Å². The molecule has 0 bridgehead atoms. The van der Waals surface area contributed by atoms with Gasteiger partial charge in [-0.15, -0.1) is 0 Å².